The van der Waals surface area contributed by atoms with Crippen LogP contribution in [0.2, 0.25) is 0 Å². The van der Waals surface area contributed by atoms with Crippen LogP contribution in [0.15, 0.2) is 47.4 Å². The van der Waals surface area contributed by atoms with Crippen molar-refractivity contribution >= 4 is 27.5 Å². The summed E-state index contributed by atoms with van der Waals surface area (Å²) < 4.78 is 38.1. The van der Waals surface area contributed by atoms with Crippen LogP contribution in [0.1, 0.15) is 17.3 Å². The number of ether oxygens (including phenoxy) is 2. The standard InChI is InChI=1S/C21H23N3O6S/c1-14-20(25)22-18-13-17(7-8-19(18)30-14)31(27,28)24-11-9-23(10-12-24)21(26)15-3-5-16(29-2)6-4-15/h3-8,13-14H,9-12H2,1-2H3,(H,22,25)/t14-/m0/s1. The molecule has 0 aromatic heterocycles. The molecule has 9 nitrogen and oxygen atoms in total. The summed E-state index contributed by atoms with van der Waals surface area (Å²) in [5, 5.41) is 2.66. The molecule has 0 saturated carbocycles. The number of carbonyl (C=O) groups is 2. The molecule has 0 aliphatic carbocycles. The first-order valence-corrected chi connectivity index (χ1v) is 11.3. The van der Waals surface area contributed by atoms with Crippen molar-refractivity contribution in [2.75, 3.05) is 38.6 Å². The van der Waals surface area contributed by atoms with Crippen molar-refractivity contribution in [3.8, 4) is 11.5 Å². The summed E-state index contributed by atoms with van der Waals surface area (Å²) >= 11 is 0. The Morgan fingerprint density at radius 3 is 2.42 bits per heavy atom. The van der Waals surface area contributed by atoms with Gasteiger partial charge in [0.05, 0.1) is 17.7 Å². The van der Waals surface area contributed by atoms with Crippen LogP contribution in [-0.2, 0) is 14.8 Å². The minimum atomic E-state index is -3.78. The first-order valence-electron chi connectivity index (χ1n) is 9.84. The minimum Gasteiger partial charge on any atom is -0.497 e. The van der Waals surface area contributed by atoms with E-state index in [1.807, 2.05) is 0 Å². The number of rotatable bonds is 4. The minimum absolute atomic E-state index is 0.0691. The normalized spacial score (nSPS) is 19.2. The molecule has 2 aliphatic heterocycles. The lowest BCUT2D eigenvalue weighted by Crippen LogP contribution is -2.50. The van der Waals surface area contributed by atoms with Gasteiger partial charge in [-0.2, -0.15) is 4.31 Å². The second kappa shape index (κ2) is 8.20. The summed E-state index contributed by atoms with van der Waals surface area (Å²) in [7, 11) is -2.22. The second-order valence-corrected chi connectivity index (χ2v) is 9.27. The van der Waals surface area contributed by atoms with E-state index in [-0.39, 0.29) is 42.9 Å². The van der Waals surface area contributed by atoms with Crippen molar-refractivity contribution in [2.45, 2.75) is 17.9 Å². The predicted molar refractivity (Wildman–Crippen MR) is 113 cm³/mol. The van der Waals surface area contributed by atoms with Crippen LogP contribution in [0.25, 0.3) is 0 Å². The summed E-state index contributed by atoms with van der Waals surface area (Å²) in [5.41, 5.74) is 0.856. The lowest BCUT2D eigenvalue weighted by Gasteiger charge is -2.34. The topological polar surface area (TPSA) is 105 Å². The van der Waals surface area contributed by atoms with Crippen molar-refractivity contribution < 1.29 is 27.5 Å². The summed E-state index contributed by atoms with van der Waals surface area (Å²) in [4.78, 5) is 26.2. The number of hydrogen-bond acceptors (Lipinski definition) is 6. The fourth-order valence-electron chi connectivity index (χ4n) is 3.55. The molecular weight excluding hydrogens is 422 g/mol. The SMILES string of the molecule is COc1ccc(C(=O)N2CCN(S(=O)(=O)c3ccc4c(c3)NC(=O)[C@H](C)O4)CC2)cc1. The van der Waals surface area contributed by atoms with Gasteiger partial charge >= 0.3 is 0 Å². The van der Waals surface area contributed by atoms with Crippen molar-refractivity contribution in [1.29, 1.82) is 0 Å². The van der Waals surface area contributed by atoms with Crippen molar-refractivity contribution in [2.24, 2.45) is 0 Å². The van der Waals surface area contributed by atoms with E-state index in [1.165, 1.54) is 16.4 Å². The molecule has 0 unspecified atom stereocenters. The summed E-state index contributed by atoms with van der Waals surface area (Å²) in [6.07, 6.45) is -0.633. The molecule has 10 heteroatoms. The average molecular weight is 445 g/mol. The van der Waals surface area contributed by atoms with Crippen LogP contribution >= 0.6 is 0 Å². The van der Waals surface area contributed by atoms with E-state index in [0.29, 0.717) is 22.7 Å². The van der Waals surface area contributed by atoms with Crippen LogP contribution in [0.5, 0.6) is 11.5 Å². The van der Waals surface area contributed by atoms with E-state index in [0.717, 1.165) is 0 Å². The highest BCUT2D eigenvalue weighted by atomic mass is 32.2. The third kappa shape index (κ3) is 4.08. The summed E-state index contributed by atoms with van der Waals surface area (Å²) in [6.45, 7) is 2.55. The Hall–Kier alpha value is -3.11. The van der Waals surface area contributed by atoms with Gasteiger partial charge in [-0.1, -0.05) is 0 Å². The molecule has 2 heterocycles. The van der Waals surface area contributed by atoms with Crippen LogP contribution in [-0.4, -0.2) is 68.8 Å². The van der Waals surface area contributed by atoms with Gasteiger partial charge in [0.25, 0.3) is 11.8 Å². The second-order valence-electron chi connectivity index (χ2n) is 7.33. The first kappa shape index (κ1) is 21.1. The number of carbonyl (C=O) groups excluding carboxylic acids is 2. The molecule has 164 valence electrons. The molecule has 2 aliphatic rings. The zero-order valence-electron chi connectivity index (χ0n) is 17.2. The molecule has 1 fully saturated rings. The molecule has 1 saturated heterocycles. The third-order valence-corrected chi connectivity index (χ3v) is 7.28. The van der Waals surface area contributed by atoms with Crippen molar-refractivity contribution in [3.05, 3.63) is 48.0 Å². The lowest BCUT2D eigenvalue weighted by atomic mass is 10.2. The fourth-order valence-corrected chi connectivity index (χ4v) is 4.99. The molecule has 0 radical (unpaired) electrons. The van der Waals surface area contributed by atoms with Gasteiger partial charge in [0.15, 0.2) is 6.10 Å². The number of methoxy groups -OCH3 is 1. The Kier molecular flexibility index (Phi) is 5.59. The molecule has 4 rings (SSSR count). The number of hydrogen-bond donors (Lipinski definition) is 1. The molecule has 0 spiro atoms. The van der Waals surface area contributed by atoms with Gasteiger partial charge in [0, 0.05) is 31.7 Å². The van der Waals surface area contributed by atoms with Gasteiger partial charge in [-0.15, -0.1) is 0 Å². The highest BCUT2D eigenvalue weighted by molar-refractivity contribution is 7.89. The maximum absolute atomic E-state index is 13.1. The highest BCUT2D eigenvalue weighted by Gasteiger charge is 2.32. The van der Waals surface area contributed by atoms with Gasteiger partial charge in [0.2, 0.25) is 10.0 Å². The Labute approximate surface area is 180 Å². The number of benzene rings is 2. The quantitative estimate of drug-likeness (QED) is 0.766. The van der Waals surface area contributed by atoms with Crippen molar-refractivity contribution in [1.82, 2.24) is 9.21 Å². The van der Waals surface area contributed by atoms with Gasteiger partial charge in [-0.3, -0.25) is 9.59 Å². The van der Waals surface area contributed by atoms with E-state index < -0.39 is 16.1 Å². The molecule has 2 aromatic rings. The van der Waals surface area contributed by atoms with E-state index in [9.17, 15) is 18.0 Å². The number of amides is 2. The maximum Gasteiger partial charge on any atom is 0.265 e. The van der Waals surface area contributed by atoms with Crippen LogP contribution in [0, 0.1) is 0 Å². The Balaban J connectivity index is 1.45. The summed E-state index contributed by atoms with van der Waals surface area (Å²) in [6, 6.07) is 11.2. The van der Waals surface area contributed by atoms with Crippen LogP contribution < -0.4 is 14.8 Å². The number of nitrogens with zero attached hydrogens (tertiary/aromatic N) is 2. The van der Waals surface area contributed by atoms with Gasteiger partial charge < -0.3 is 19.7 Å². The largest absolute Gasteiger partial charge is 0.497 e. The molecule has 1 atom stereocenters. The smallest absolute Gasteiger partial charge is 0.265 e. The van der Waals surface area contributed by atoms with Gasteiger partial charge in [-0.05, 0) is 49.4 Å². The average Bonchev–Trinajstić information content (AvgIpc) is 2.79. The number of sulfonamides is 1. The van der Waals surface area contributed by atoms with Crippen molar-refractivity contribution in [3.63, 3.8) is 0 Å². The molecule has 2 aromatic carbocycles. The maximum atomic E-state index is 13.1. The highest BCUT2D eigenvalue weighted by Crippen LogP contribution is 2.33. The predicted octanol–water partition coefficient (Wildman–Crippen LogP) is 1.56. The zero-order valence-corrected chi connectivity index (χ0v) is 18.0. The Bertz CT molecular complexity index is 1110. The van der Waals surface area contributed by atoms with Gasteiger partial charge in [0.1, 0.15) is 11.5 Å². The third-order valence-electron chi connectivity index (χ3n) is 5.38. The monoisotopic (exact) mass is 445 g/mol. The molecule has 1 N–H and O–H groups in total. The molecular formula is C21H23N3O6S. The molecule has 31 heavy (non-hydrogen) atoms. The van der Waals surface area contributed by atoms with Crippen LogP contribution in [0.3, 0.4) is 0 Å². The number of anilines is 1. The van der Waals surface area contributed by atoms with Gasteiger partial charge in [-0.25, -0.2) is 8.42 Å². The number of fused-ring (bicyclic) bond motifs is 1. The van der Waals surface area contributed by atoms with E-state index in [1.54, 1.807) is 49.3 Å². The molecule has 0 bridgehead atoms. The Morgan fingerprint density at radius 2 is 1.77 bits per heavy atom. The van der Waals surface area contributed by atoms with E-state index in [2.05, 4.69) is 5.32 Å². The molecule has 2 amide bonds. The summed E-state index contributed by atoms with van der Waals surface area (Å²) in [5.74, 6) is 0.615. The first-order chi connectivity index (χ1) is 14.8. The van der Waals surface area contributed by atoms with Crippen LogP contribution in [0.4, 0.5) is 5.69 Å². The number of nitrogens with one attached hydrogen (secondary N) is 1. The zero-order chi connectivity index (χ0) is 22.2. The lowest BCUT2D eigenvalue weighted by molar-refractivity contribution is -0.122. The van der Waals surface area contributed by atoms with E-state index >= 15 is 0 Å². The number of piperazine rings is 1. The van der Waals surface area contributed by atoms with E-state index in [4.69, 9.17) is 9.47 Å². The Morgan fingerprint density at radius 1 is 1.10 bits per heavy atom. The fraction of sp³-hybridized carbons (Fsp3) is 0.333.